The van der Waals surface area contributed by atoms with Gasteiger partial charge in [0.05, 0.1) is 0 Å². The van der Waals surface area contributed by atoms with E-state index in [1.54, 1.807) is 0 Å². The molecular formula is C15H30N2. The highest BCUT2D eigenvalue weighted by Gasteiger charge is 2.38. The zero-order valence-electron chi connectivity index (χ0n) is 12.0. The Balaban J connectivity index is 2.78. The molecule has 100 valence electrons. The van der Waals surface area contributed by atoms with Crippen LogP contribution in [0.4, 0.5) is 0 Å². The molecule has 0 aromatic heterocycles. The Morgan fingerprint density at radius 1 is 1.24 bits per heavy atom. The van der Waals surface area contributed by atoms with Gasteiger partial charge < -0.3 is 10.6 Å². The molecule has 2 N–H and O–H groups in total. The topological polar surface area (TPSA) is 29.3 Å². The molecule has 2 nitrogen and oxygen atoms in total. The Morgan fingerprint density at radius 3 is 2.18 bits per heavy atom. The van der Waals surface area contributed by atoms with Crippen molar-refractivity contribution in [3.8, 4) is 0 Å². The normalized spacial score (nSPS) is 22.2. The molecule has 1 atom stereocenters. The highest BCUT2D eigenvalue weighted by molar-refractivity contribution is 5.05. The van der Waals surface area contributed by atoms with Gasteiger partial charge in [-0.25, -0.2) is 0 Å². The van der Waals surface area contributed by atoms with Crippen LogP contribution in [0.5, 0.6) is 0 Å². The minimum absolute atomic E-state index is 0.203. The third-order valence-corrected chi connectivity index (χ3v) is 4.56. The summed E-state index contributed by atoms with van der Waals surface area (Å²) in [5.74, 6) is 0. The standard InChI is InChI=1S/C15H30N2/c1-5-13(2)12-14(16)15(17(3)4)10-8-6-7-9-11-15/h14H,2,5-12,16H2,1,3-4H3. The molecule has 1 fully saturated rings. The van der Waals surface area contributed by atoms with E-state index in [0.717, 1.165) is 12.8 Å². The number of likely N-dealkylation sites (N-methyl/N-ethyl adjacent to an activating group) is 1. The molecule has 1 unspecified atom stereocenters. The Bertz CT molecular complexity index is 237. The van der Waals surface area contributed by atoms with Crippen LogP contribution in [0.25, 0.3) is 0 Å². The molecule has 0 aromatic carbocycles. The lowest BCUT2D eigenvalue weighted by atomic mass is 9.79. The van der Waals surface area contributed by atoms with E-state index in [0.29, 0.717) is 0 Å². The maximum absolute atomic E-state index is 6.53. The Labute approximate surface area is 107 Å². The Hall–Kier alpha value is -0.340. The van der Waals surface area contributed by atoms with E-state index in [4.69, 9.17) is 5.73 Å². The maximum atomic E-state index is 6.53. The van der Waals surface area contributed by atoms with Crippen LogP contribution in [0.2, 0.25) is 0 Å². The van der Waals surface area contributed by atoms with Crippen LogP contribution >= 0.6 is 0 Å². The van der Waals surface area contributed by atoms with Crippen molar-refractivity contribution in [2.75, 3.05) is 14.1 Å². The van der Waals surface area contributed by atoms with Gasteiger partial charge in [0.2, 0.25) is 0 Å². The summed E-state index contributed by atoms with van der Waals surface area (Å²) < 4.78 is 0. The van der Waals surface area contributed by atoms with Gasteiger partial charge in [-0.1, -0.05) is 44.8 Å². The molecule has 0 heterocycles. The van der Waals surface area contributed by atoms with Crippen LogP contribution in [0.15, 0.2) is 12.2 Å². The molecule has 0 aliphatic heterocycles. The van der Waals surface area contributed by atoms with Crippen LogP contribution in [0.1, 0.15) is 58.3 Å². The van der Waals surface area contributed by atoms with E-state index in [1.807, 2.05) is 0 Å². The van der Waals surface area contributed by atoms with Gasteiger partial charge >= 0.3 is 0 Å². The number of hydrogen-bond acceptors (Lipinski definition) is 2. The molecule has 0 aromatic rings. The third-order valence-electron chi connectivity index (χ3n) is 4.56. The van der Waals surface area contributed by atoms with Crippen LogP contribution in [-0.4, -0.2) is 30.6 Å². The molecule has 0 radical (unpaired) electrons. The summed E-state index contributed by atoms with van der Waals surface area (Å²) in [6.07, 6.45) is 9.92. The monoisotopic (exact) mass is 238 g/mol. The summed E-state index contributed by atoms with van der Waals surface area (Å²) in [5.41, 5.74) is 8.03. The SMILES string of the molecule is C=C(CC)CC(N)C1(N(C)C)CCCCCC1. The summed E-state index contributed by atoms with van der Waals surface area (Å²) in [6, 6.07) is 0.239. The first-order valence-electron chi connectivity index (χ1n) is 7.12. The van der Waals surface area contributed by atoms with E-state index in [2.05, 4.69) is 32.5 Å². The molecule has 17 heavy (non-hydrogen) atoms. The lowest BCUT2D eigenvalue weighted by Crippen LogP contribution is -2.57. The second kappa shape index (κ2) is 6.55. The summed E-state index contributed by atoms with van der Waals surface area (Å²) >= 11 is 0. The molecular weight excluding hydrogens is 208 g/mol. The molecule has 1 rings (SSSR count). The van der Waals surface area contributed by atoms with Crippen molar-refractivity contribution in [2.24, 2.45) is 5.73 Å². The lowest BCUT2D eigenvalue weighted by molar-refractivity contribution is 0.0966. The van der Waals surface area contributed by atoms with Crippen LogP contribution in [-0.2, 0) is 0 Å². The third kappa shape index (κ3) is 3.56. The van der Waals surface area contributed by atoms with Crippen molar-refractivity contribution < 1.29 is 0 Å². The fourth-order valence-electron chi connectivity index (χ4n) is 3.14. The van der Waals surface area contributed by atoms with Gasteiger partial charge in [-0.05, 0) is 39.8 Å². The first-order chi connectivity index (χ1) is 8.03. The zero-order chi connectivity index (χ0) is 12.9. The molecule has 1 aliphatic carbocycles. The van der Waals surface area contributed by atoms with E-state index < -0.39 is 0 Å². The highest BCUT2D eigenvalue weighted by atomic mass is 15.2. The highest BCUT2D eigenvalue weighted by Crippen LogP contribution is 2.35. The fraction of sp³-hybridized carbons (Fsp3) is 0.867. The summed E-state index contributed by atoms with van der Waals surface area (Å²) in [6.45, 7) is 6.29. The molecule has 0 spiro atoms. The van der Waals surface area contributed by atoms with Crippen LogP contribution in [0, 0.1) is 0 Å². The molecule has 1 aliphatic rings. The van der Waals surface area contributed by atoms with Crippen LogP contribution < -0.4 is 5.73 Å². The van der Waals surface area contributed by atoms with E-state index in [1.165, 1.54) is 44.1 Å². The molecule has 0 bridgehead atoms. The Kier molecular flexibility index (Phi) is 5.68. The van der Waals surface area contributed by atoms with Gasteiger partial charge in [-0.3, -0.25) is 0 Å². The minimum atomic E-state index is 0.203. The van der Waals surface area contributed by atoms with Gasteiger partial charge in [-0.2, -0.15) is 0 Å². The summed E-state index contributed by atoms with van der Waals surface area (Å²) in [7, 11) is 4.39. The smallest absolute Gasteiger partial charge is 0.0357 e. The minimum Gasteiger partial charge on any atom is -0.326 e. The number of rotatable bonds is 5. The second-order valence-electron chi connectivity index (χ2n) is 5.83. The average molecular weight is 238 g/mol. The maximum Gasteiger partial charge on any atom is 0.0357 e. The van der Waals surface area contributed by atoms with Gasteiger partial charge in [0, 0.05) is 11.6 Å². The van der Waals surface area contributed by atoms with Crippen molar-refractivity contribution in [1.29, 1.82) is 0 Å². The van der Waals surface area contributed by atoms with Crippen molar-refractivity contribution in [3.63, 3.8) is 0 Å². The zero-order valence-corrected chi connectivity index (χ0v) is 12.0. The fourth-order valence-corrected chi connectivity index (χ4v) is 3.14. The van der Waals surface area contributed by atoms with Gasteiger partial charge in [-0.15, -0.1) is 0 Å². The first kappa shape index (κ1) is 14.7. The number of nitrogens with zero attached hydrogens (tertiary/aromatic N) is 1. The van der Waals surface area contributed by atoms with Crippen LogP contribution in [0.3, 0.4) is 0 Å². The number of hydrogen-bond donors (Lipinski definition) is 1. The van der Waals surface area contributed by atoms with Crippen molar-refractivity contribution >= 4 is 0 Å². The number of nitrogens with two attached hydrogens (primary N) is 1. The first-order valence-corrected chi connectivity index (χ1v) is 7.12. The molecule has 2 heteroatoms. The van der Waals surface area contributed by atoms with Gasteiger partial charge in [0.15, 0.2) is 0 Å². The van der Waals surface area contributed by atoms with Crippen molar-refractivity contribution in [1.82, 2.24) is 4.90 Å². The Morgan fingerprint density at radius 2 is 1.76 bits per heavy atom. The molecule has 0 amide bonds. The van der Waals surface area contributed by atoms with Gasteiger partial charge in [0.1, 0.15) is 0 Å². The van der Waals surface area contributed by atoms with E-state index in [-0.39, 0.29) is 11.6 Å². The molecule has 0 saturated heterocycles. The van der Waals surface area contributed by atoms with Crippen molar-refractivity contribution in [3.05, 3.63) is 12.2 Å². The summed E-state index contributed by atoms with van der Waals surface area (Å²) in [4.78, 5) is 2.38. The second-order valence-corrected chi connectivity index (χ2v) is 5.83. The van der Waals surface area contributed by atoms with Crippen molar-refractivity contribution in [2.45, 2.75) is 69.9 Å². The lowest BCUT2D eigenvalue weighted by Gasteiger charge is -2.44. The van der Waals surface area contributed by atoms with E-state index >= 15 is 0 Å². The van der Waals surface area contributed by atoms with Gasteiger partial charge in [0.25, 0.3) is 0 Å². The van der Waals surface area contributed by atoms with E-state index in [9.17, 15) is 0 Å². The average Bonchev–Trinajstić information content (AvgIpc) is 2.54. The summed E-state index contributed by atoms with van der Waals surface area (Å²) in [5, 5.41) is 0. The predicted octanol–water partition coefficient (Wildman–Crippen LogP) is 3.32. The largest absolute Gasteiger partial charge is 0.326 e. The predicted molar refractivity (Wildman–Crippen MR) is 76.1 cm³/mol. The quantitative estimate of drug-likeness (QED) is 0.588. The molecule has 1 saturated carbocycles.